The lowest BCUT2D eigenvalue weighted by molar-refractivity contribution is 0.0595. The summed E-state index contributed by atoms with van der Waals surface area (Å²) in [6, 6.07) is 0. The van der Waals surface area contributed by atoms with Crippen LogP contribution < -0.4 is 5.32 Å². The smallest absolute Gasteiger partial charge is 0.357 e. The molecule has 0 spiro atoms. The zero-order valence-corrected chi connectivity index (χ0v) is 11.3. The molecule has 1 aliphatic rings. The standard InChI is InChI=1S/C12H18N2O3S/c1-16-11(15)10-8-18-12(14-10)13-5-2-6-17-7-9-3-4-9/h8-9H,2-7H2,1H3,(H,13,14). The van der Waals surface area contributed by atoms with Gasteiger partial charge in [0.15, 0.2) is 10.8 Å². The van der Waals surface area contributed by atoms with Crippen molar-refractivity contribution in [1.82, 2.24) is 4.98 Å². The lowest BCUT2D eigenvalue weighted by atomic mass is 10.4. The fourth-order valence-electron chi connectivity index (χ4n) is 1.46. The fourth-order valence-corrected chi connectivity index (χ4v) is 2.17. The number of methoxy groups -OCH3 is 1. The van der Waals surface area contributed by atoms with Gasteiger partial charge in [0.05, 0.1) is 7.11 Å². The van der Waals surface area contributed by atoms with Crippen LogP contribution in [-0.4, -0.2) is 37.8 Å². The lowest BCUT2D eigenvalue weighted by Crippen LogP contribution is -2.07. The highest BCUT2D eigenvalue weighted by Gasteiger charge is 2.20. The Bertz CT molecular complexity index is 390. The van der Waals surface area contributed by atoms with Crippen LogP contribution in [0.5, 0.6) is 0 Å². The van der Waals surface area contributed by atoms with Crippen molar-refractivity contribution < 1.29 is 14.3 Å². The molecule has 1 N–H and O–H groups in total. The fraction of sp³-hybridized carbons (Fsp3) is 0.667. The van der Waals surface area contributed by atoms with Gasteiger partial charge in [0.2, 0.25) is 0 Å². The van der Waals surface area contributed by atoms with Crippen LogP contribution >= 0.6 is 11.3 Å². The Balaban J connectivity index is 1.57. The average Bonchev–Trinajstić information content (AvgIpc) is 3.09. The van der Waals surface area contributed by atoms with Crippen molar-refractivity contribution in [3.05, 3.63) is 11.1 Å². The highest BCUT2D eigenvalue weighted by molar-refractivity contribution is 7.13. The van der Waals surface area contributed by atoms with E-state index in [1.54, 1.807) is 5.38 Å². The zero-order valence-electron chi connectivity index (χ0n) is 10.5. The molecule has 0 amide bonds. The predicted octanol–water partition coefficient (Wildman–Crippen LogP) is 2.16. The molecule has 6 heteroatoms. The van der Waals surface area contributed by atoms with Crippen molar-refractivity contribution in [2.24, 2.45) is 5.92 Å². The van der Waals surface area contributed by atoms with Crippen molar-refractivity contribution >= 4 is 22.4 Å². The van der Waals surface area contributed by atoms with Crippen molar-refractivity contribution in [2.45, 2.75) is 19.3 Å². The molecule has 2 rings (SSSR count). The first-order chi connectivity index (χ1) is 8.79. The molecule has 1 aliphatic carbocycles. The summed E-state index contributed by atoms with van der Waals surface area (Å²) in [5.74, 6) is 0.423. The van der Waals surface area contributed by atoms with Gasteiger partial charge in [-0.05, 0) is 25.2 Å². The van der Waals surface area contributed by atoms with Crippen LogP contribution in [0.4, 0.5) is 5.13 Å². The molecule has 1 heterocycles. The number of carbonyl (C=O) groups is 1. The van der Waals surface area contributed by atoms with Crippen molar-refractivity contribution in [3.8, 4) is 0 Å². The third-order valence-electron chi connectivity index (χ3n) is 2.69. The Labute approximate surface area is 111 Å². The minimum Gasteiger partial charge on any atom is -0.464 e. The van der Waals surface area contributed by atoms with Gasteiger partial charge in [-0.2, -0.15) is 0 Å². The van der Waals surface area contributed by atoms with Crippen LogP contribution in [0, 0.1) is 5.92 Å². The van der Waals surface area contributed by atoms with Crippen LogP contribution in [-0.2, 0) is 9.47 Å². The minimum absolute atomic E-state index is 0.356. The molecule has 100 valence electrons. The maximum Gasteiger partial charge on any atom is 0.357 e. The van der Waals surface area contributed by atoms with E-state index in [-0.39, 0.29) is 0 Å². The number of nitrogens with one attached hydrogen (secondary N) is 1. The maximum atomic E-state index is 11.2. The molecular weight excluding hydrogens is 252 g/mol. The lowest BCUT2D eigenvalue weighted by Gasteiger charge is -2.03. The molecule has 0 unspecified atom stereocenters. The Kier molecular flexibility index (Phi) is 4.95. The number of carbonyl (C=O) groups excluding carboxylic acids is 1. The highest BCUT2D eigenvalue weighted by Crippen LogP contribution is 2.28. The van der Waals surface area contributed by atoms with Crippen LogP contribution in [0.25, 0.3) is 0 Å². The second-order valence-electron chi connectivity index (χ2n) is 4.33. The molecule has 1 saturated carbocycles. The van der Waals surface area contributed by atoms with Gasteiger partial charge < -0.3 is 14.8 Å². The van der Waals surface area contributed by atoms with Gasteiger partial charge >= 0.3 is 5.97 Å². The van der Waals surface area contributed by atoms with E-state index in [0.29, 0.717) is 5.69 Å². The van der Waals surface area contributed by atoms with Crippen LogP contribution in [0.3, 0.4) is 0 Å². The summed E-state index contributed by atoms with van der Waals surface area (Å²) in [6.45, 7) is 2.49. The number of nitrogens with zero attached hydrogens (tertiary/aromatic N) is 1. The Morgan fingerprint density at radius 3 is 3.17 bits per heavy atom. The summed E-state index contributed by atoms with van der Waals surface area (Å²) in [5.41, 5.74) is 0.356. The molecular formula is C12H18N2O3S. The van der Waals surface area contributed by atoms with Crippen LogP contribution in [0.15, 0.2) is 5.38 Å². The monoisotopic (exact) mass is 270 g/mol. The first kappa shape index (κ1) is 13.3. The van der Waals surface area contributed by atoms with Crippen molar-refractivity contribution in [1.29, 1.82) is 0 Å². The molecule has 1 aromatic heterocycles. The Hall–Kier alpha value is -1.14. The van der Waals surface area contributed by atoms with Gasteiger partial charge in [-0.15, -0.1) is 11.3 Å². The number of esters is 1. The van der Waals surface area contributed by atoms with Gasteiger partial charge in [0, 0.05) is 25.1 Å². The van der Waals surface area contributed by atoms with Gasteiger partial charge in [-0.25, -0.2) is 9.78 Å². The topological polar surface area (TPSA) is 60.5 Å². The molecule has 0 aliphatic heterocycles. The maximum absolute atomic E-state index is 11.2. The minimum atomic E-state index is -0.396. The third-order valence-corrected chi connectivity index (χ3v) is 3.49. The molecule has 5 nitrogen and oxygen atoms in total. The second-order valence-corrected chi connectivity index (χ2v) is 5.19. The first-order valence-corrected chi connectivity index (χ1v) is 7.03. The molecule has 0 saturated heterocycles. The number of aromatic nitrogens is 1. The normalized spacial score (nSPS) is 14.5. The summed E-state index contributed by atoms with van der Waals surface area (Å²) in [7, 11) is 1.35. The summed E-state index contributed by atoms with van der Waals surface area (Å²) >= 11 is 1.41. The summed E-state index contributed by atoms with van der Waals surface area (Å²) < 4.78 is 10.1. The van der Waals surface area contributed by atoms with E-state index in [0.717, 1.165) is 37.2 Å². The molecule has 1 fully saturated rings. The largest absolute Gasteiger partial charge is 0.464 e. The molecule has 0 aromatic carbocycles. The predicted molar refractivity (Wildman–Crippen MR) is 70.1 cm³/mol. The molecule has 0 radical (unpaired) electrons. The van der Waals surface area contributed by atoms with E-state index in [4.69, 9.17) is 4.74 Å². The molecule has 0 atom stereocenters. The van der Waals surface area contributed by atoms with Gasteiger partial charge in [0.1, 0.15) is 0 Å². The average molecular weight is 270 g/mol. The van der Waals surface area contributed by atoms with E-state index >= 15 is 0 Å². The summed E-state index contributed by atoms with van der Waals surface area (Å²) in [6.07, 6.45) is 3.60. The number of hydrogen-bond acceptors (Lipinski definition) is 6. The summed E-state index contributed by atoms with van der Waals surface area (Å²) in [4.78, 5) is 15.3. The van der Waals surface area contributed by atoms with E-state index < -0.39 is 5.97 Å². The van der Waals surface area contributed by atoms with E-state index in [1.807, 2.05) is 0 Å². The number of hydrogen-bond donors (Lipinski definition) is 1. The van der Waals surface area contributed by atoms with E-state index in [9.17, 15) is 4.79 Å². The van der Waals surface area contributed by atoms with Gasteiger partial charge in [0.25, 0.3) is 0 Å². The van der Waals surface area contributed by atoms with Crippen LogP contribution in [0.1, 0.15) is 29.8 Å². The first-order valence-electron chi connectivity index (χ1n) is 6.15. The third kappa shape index (κ3) is 4.27. The number of rotatable bonds is 8. The second kappa shape index (κ2) is 6.70. The SMILES string of the molecule is COC(=O)c1csc(NCCCOCC2CC2)n1. The van der Waals surface area contributed by atoms with Gasteiger partial charge in [-0.3, -0.25) is 0 Å². The number of anilines is 1. The molecule has 0 bridgehead atoms. The van der Waals surface area contributed by atoms with Crippen molar-refractivity contribution in [3.63, 3.8) is 0 Å². The van der Waals surface area contributed by atoms with E-state index in [1.165, 1.54) is 31.3 Å². The molecule has 18 heavy (non-hydrogen) atoms. The highest BCUT2D eigenvalue weighted by atomic mass is 32.1. The number of thiazole rings is 1. The van der Waals surface area contributed by atoms with Gasteiger partial charge in [-0.1, -0.05) is 0 Å². The summed E-state index contributed by atoms with van der Waals surface area (Å²) in [5, 5.41) is 5.61. The quantitative estimate of drug-likeness (QED) is 0.579. The number of ether oxygens (including phenoxy) is 2. The van der Waals surface area contributed by atoms with Crippen LogP contribution in [0.2, 0.25) is 0 Å². The Morgan fingerprint density at radius 1 is 1.61 bits per heavy atom. The zero-order chi connectivity index (χ0) is 12.8. The molecule has 1 aromatic rings. The van der Waals surface area contributed by atoms with E-state index in [2.05, 4.69) is 15.0 Å². The van der Waals surface area contributed by atoms with Crippen molar-refractivity contribution in [2.75, 3.05) is 32.2 Å². The Morgan fingerprint density at radius 2 is 2.44 bits per heavy atom.